The Morgan fingerprint density at radius 1 is 1.03 bits per heavy atom. The number of nitrogens with one attached hydrogen (secondary N) is 1. The SMILES string of the molecule is C=Nc1ccc(-c2cnc(NC(=O)N(C)c3ccccc3)nc2-c2ccc(F)cc2)cc1C(C)=NC. The number of hydrogen-bond acceptors (Lipinski definition) is 5. The fourth-order valence-electron chi connectivity index (χ4n) is 3.68. The monoisotopic (exact) mass is 480 g/mol. The van der Waals surface area contributed by atoms with Crippen LogP contribution in [0.15, 0.2) is 89.0 Å². The molecular formula is C28H25FN6O. The van der Waals surface area contributed by atoms with Gasteiger partial charge in [-0.25, -0.2) is 19.2 Å². The van der Waals surface area contributed by atoms with Crippen LogP contribution in [0.2, 0.25) is 0 Å². The number of carbonyl (C=O) groups is 1. The molecular weight excluding hydrogens is 455 g/mol. The molecule has 7 nitrogen and oxygen atoms in total. The zero-order chi connectivity index (χ0) is 25.7. The molecule has 0 unspecified atom stereocenters. The van der Waals surface area contributed by atoms with Gasteiger partial charge in [0.25, 0.3) is 0 Å². The number of aromatic nitrogens is 2. The number of carbonyl (C=O) groups excluding carboxylic acids is 1. The third-order valence-electron chi connectivity index (χ3n) is 5.78. The van der Waals surface area contributed by atoms with Gasteiger partial charge in [-0.3, -0.25) is 20.2 Å². The van der Waals surface area contributed by atoms with Crippen molar-refractivity contribution in [3.05, 3.63) is 90.4 Å². The van der Waals surface area contributed by atoms with Crippen LogP contribution in [0.5, 0.6) is 0 Å². The normalized spacial score (nSPS) is 11.2. The molecule has 0 spiro atoms. The maximum Gasteiger partial charge on any atom is 0.328 e. The molecule has 0 saturated carbocycles. The first-order valence-electron chi connectivity index (χ1n) is 11.2. The maximum atomic E-state index is 13.7. The van der Waals surface area contributed by atoms with E-state index in [9.17, 15) is 9.18 Å². The van der Waals surface area contributed by atoms with Crippen molar-refractivity contribution in [2.24, 2.45) is 9.98 Å². The van der Waals surface area contributed by atoms with Crippen molar-refractivity contribution < 1.29 is 9.18 Å². The van der Waals surface area contributed by atoms with Crippen LogP contribution in [-0.4, -0.2) is 42.5 Å². The van der Waals surface area contributed by atoms with Crippen LogP contribution in [0, 0.1) is 5.82 Å². The topological polar surface area (TPSA) is 82.8 Å². The Morgan fingerprint density at radius 2 is 1.72 bits per heavy atom. The minimum absolute atomic E-state index is 0.127. The van der Waals surface area contributed by atoms with Gasteiger partial charge in [0, 0.05) is 48.4 Å². The number of nitrogens with zero attached hydrogens (tertiary/aromatic N) is 5. The van der Waals surface area contributed by atoms with Crippen LogP contribution in [0.25, 0.3) is 22.4 Å². The Kier molecular flexibility index (Phi) is 7.25. The fourth-order valence-corrected chi connectivity index (χ4v) is 3.68. The summed E-state index contributed by atoms with van der Waals surface area (Å²) in [5, 5.41) is 2.75. The first kappa shape index (κ1) is 24.4. The lowest BCUT2D eigenvalue weighted by Gasteiger charge is -2.18. The van der Waals surface area contributed by atoms with Crippen LogP contribution >= 0.6 is 0 Å². The smallest absolute Gasteiger partial charge is 0.297 e. The van der Waals surface area contributed by atoms with E-state index in [1.165, 1.54) is 17.0 Å². The van der Waals surface area contributed by atoms with Gasteiger partial charge in [0.05, 0.1) is 11.4 Å². The average molecular weight is 481 g/mol. The number of para-hydroxylation sites is 1. The number of anilines is 2. The number of urea groups is 1. The molecule has 0 saturated heterocycles. The number of benzene rings is 3. The van der Waals surface area contributed by atoms with E-state index in [2.05, 4.69) is 32.0 Å². The standard InChI is InChI=1S/C28H25FN6O/c1-18(30-2)23-16-20(12-15-25(23)31-3)24-17-32-27(33-26(24)19-10-13-21(29)14-11-19)34-28(36)35(4)22-8-6-5-7-9-22/h5-17H,3H2,1-2,4H3,(H,32,33,34,36). The first-order valence-corrected chi connectivity index (χ1v) is 11.2. The van der Waals surface area contributed by atoms with Crippen molar-refractivity contribution in [1.29, 1.82) is 0 Å². The van der Waals surface area contributed by atoms with Crippen molar-refractivity contribution in [2.75, 3.05) is 24.3 Å². The van der Waals surface area contributed by atoms with E-state index >= 15 is 0 Å². The summed E-state index contributed by atoms with van der Waals surface area (Å²) in [6.07, 6.45) is 1.64. The molecule has 1 N–H and O–H groups in total. The van der Waals surface area contributed by atoms with Gasteiger partial charge in [0.2, 0.25) is 5.95 Å². The second-order valence-corrected chi connectivity index (χ2v) is 7.99. The molecule has 1 heterocycles. The van der Waals surface area contributed by atoms with Crippen LogP contribution in [0.1, 0.15) is 12.5 Å². The van der Waals surface area contributed by atoms with Crippen LogP contribution in [0.4, 0.5) is 26.5 Å². The summed E-state index contributed by atoms with van der Waals surface area (Å²) in [6, 6.07) is 20.6. The van der Waals surface area contributed by atoms with Gasteiger partial charge in [0.1, 0.15) is 5.82 Å². The number of amides is 2. The molecule has 2 amide bonds. The second kappa shape index (κ2) is 10.7. The Balaban J connectivity index is 1.77. The summed E-state index contributed by atoms with van der Waals surface area (Å²) in [5.74, 6) is -0.229. The van der Waals surface area contributed by atoms with Gasteiger partial charge in [-0.15, -0.1) is 0 Å². The van der Waals surface area contributed by atoms with Crippen LogP contribution < -0.4 is 10.2 Å². The van der Waals surface area contributed by atoms with Gasteiger partial charge >= 0.3 is 6.03 Å². The van der Waals surface area contributed by atoms with Gasteiger partial charge in [-0.1, -0.05) is 24.3 Å². The number of hydrogen-bond donors (Lipinski definition) is 1. The molecule has 0 fully saturated rings. The zero-order valence-electron chi connectivity index (χ0n) is 20.2. The number of aliphatic imine (C=N–C) groups is 2. The summed E-state index contributed by atoms with van der Waals surface area (Å²) < 4.78 is 13.7. The van der Waals surface area contributed by atoms with Crippen molar-refractivity contribution >= 4 is 35.8 Å². The first-order chi connectivity index (χ1) is 17.4. The highest BCUT2D eigenvalue weighted by atomic mass is 19.1. The van der Waals surface area contributed by atoms with E-state index < -0.39 is 6.03 Å². The maximum absolute atomic E-state index is 13.7. The summed E-state index contributed by atoms with van der Waals surface area (Å²) in [4.78, 5) is 31.7. The lowest BCUT2D eigenvalue weighted by molar-refractivity contribution is 0.258. The molecule has 3 aromatic carbocycles. The summed E-state index contributed by atoms with van der Waals surface area (Å²) >= 11 is 0. The van der Waals surface area contributed by atoms with E-state index in [-0.39, 0.29) is 11.8 Å². The summed E-state index contributed by atoms with van der Waals surface area (Å²) in [6.45, 7) is 5.55. The van der Waals surface area contributed by atoms with Crippen molar-refractivity contribution in [3.8, 4) is 22.4 Å². The van der Waals surface area contributed by atoms with E-state index in [1.807, 2.05) is 55.5 Å². The lowest BCUT2D eigenvalue weighted by atomic mass is 9.97. The average Bonchev–Trinajstić information content (AvgIpc) is 2.92. The van der Waals surface area contributed by atoms with E-state index in [0.717, 1.165) is 22.5 Å². The van der Waals surface area contributed by atoms with Crippen molar-refractivity contribution in [3.63, 3.8) is 0 Å². The fraction of sp³-hybridized carbons (Fsp3) is 0.107. The largest absolute Gasteiger partial charge is 0.328 e. The Morgan fingerprint density at radius 3 is 2.39 bits per heavy atom. The molecule has 180 valence electrons. The molecule has 4 rings (SSSR count). The Bertz CT molecular complexity index is 1430. The highest BCUT2D eigenvalue weighted by Gasteiger charge is 2.17. The van der Waals surface area contributed by atoms with E-state index in [1.54, 1.807) is 32.4 Å². The molecule has 0 bridgehead atoms. The van der Waals surface area contributed by atoms with Crippen molar-refractivity contribution in [2.45, 2.75) is 6.92 Å². The quantitative estimate of drug-likeness (QED) is 0.325. The van der Waals surface area contributed by atoms with Gasteiger partial charge in [-0.05, 0) is 67.7 Å². The molecule has 0 aliphatic rings. The van der Waals surface area contributed by atoms with Crippen molar-refractivity contribution in [1.82, 2.24) is 9.97 Å². The molecule has 0 aliphatic carbocycles. The molecule has 0 aliphatic heterocycles. The zero-order valence-corrected chi connectivity index (χ0v) is 20.2. The summed E-state index contributed by atoms with van der Waals surface area (Å²) in [5.41, 5.74) is 5.80. The Hall–Kier alpha value is -4.72. The minimum Gasteiger partial charge on any atom is -0.297 e. The van der Waals surface area contributed by atoms with Gasteiger partial charge < -0.3 is 0 Å². The molecule has 1 aromatic heterocycles. The Labute approximate surface area is 209 Å². The highest BCUT2D eigenvalue weighted by Crippen LogP contribution is 2.34. The third-order valence-corrected chi connectivity index (χ3v) is 5.78. The van der Waals surface area contributed by atoms with Gasteiger partial charge in [-0.2, -0.15) is 0 Å². The predicted molar refractivity (Wildman–Crippen MR) is 144 cm³/mol. The molecule has 0 atom stereocenters. The number of halogens is 1. The van der Waals surface area contributed by atoms with Gasteiger partial charge in [0.15, 0.2) is 0 Å². The lowest BCUT2D eigenvalue weighted by Crippen LogP contribution is -2.31. The molecule has 36 heavy (non-hydrogen) atoms. The highest BCUT2D eigenvalue weighted by molar-refractivity contribution is 6.04. The summed E-state index contributed by atoms with van der Waals surface area (Å²) in [7, 11) is 3.38. The molecule has 8 heteroatoms. The predicted octanol–water partition coefficient (Wildman–Crippen LogP) is 6.39. The molecule has 0 radical (unpaired) electrons. The van der Waals surface area contributed by atoms with E-state index in [0.29, 0.717) is 22.5 Å². The minimum atomic E-state index is -0.391. The third kappa shape index (κ3) is 5.17. The molecule has 4 aromatic rings. The second-order valence-electron chi connectivity index (χ2n) is 7.99. The van der Waals surface area contributed by atoms with E-state index in [4.69, 9.17) is 0 Å². The number of rotatable bonds is 6. The van der Waals surface area contributed by atoms with Crippen LogP contribution in [-0.2, 0) is 0 Å². The van der Waals surface area contributed by atoms with Crippen LogP contribution in [0.3, 0.4) is 0 Å².